The van der Waals surface area contributed by atoms with Crippen molar-refractivity contribution in [2.75, 3.05) is 13.2 Å². The third-order valence-corrected chi connectivity index (χ3v) is 3.45. The summed E-state index contributed by atoms with van der Waals surface area (Å²) in [7, 11) is 0. The zero-order valence-corrected chi connectivity index (χ0v) is 13.5. The SMILES string of the molecule is C#CCOc1c(Cl)cc(/C=C2/NC(=O)N(CC(=O)O)C2=O)cc1Cl. The molecule has 1 aromatic carbocycles. The second kappa shape index (κ2) is 7.25. The molecule has 2 N–H and O–H groups in total. The van der Waals surface area contributed by atoms with Crippen LogP contribution >= 0.6 is 23.2 Å². The fourth-order valence-electron chi connectivity index (χ4n) is 1.93. The van der Waals surface area contributed by atoms with Gasteiger partial charge in [-0.3, -0.25) is 9.59 Å². The van der Waals surface area contributed by atoms with Crippen LogP contribution in [0.1, 0.15) is 5.56 Å². The molecular weight excluding hydrogens is 359 g/mol. The first-order valence-electron chi connectivity index (χ1n) is 6.45. The molecule has 0 unspecified atom stereocenters. The molecule has 3 amide bonds. The van der Waals surface area contributed by atoms with Crippen molar-refractivity contribution >= 4 is 47.2 Å². The zero-order chi connectivity index (χ0) is 17.9. The van der Waals surface area contributed by atoms with Gasteiger partial charge in [0.05, 0.1) is 10.0 Å². The van der Waals surface area contributed by atoms with E-state index in [1.54, 1.807) is 0 Å². The maximum Gasteiger partial charge on any atom is 0.329 e. The highest BCUT2D eigenvalue weighted by atomic mass is 35.5. The van der Waals surface area contributed by atoms with Crippen LogP contribution in [0.25, 0.3) is 6.08 Å². The number of rotatable bonds is 5. The predicted molar refractivity (Wildman–Crippen MR) is 86.6 cm³/mol. The number of benzene rings is 1. The molecule has 1 aromatic rings. The molecule has 1 heterocycles. The molecule has 2 rings (SSSR count). The van der Waals surface area contributed by atoms with Gasteiger partial charge in [0.1, 0.15) is 18.8 Å². The Morgan fingerprint density at radius 1 is 1.38 bits per heavy atom. The molecule has 0 bridgehead atoms. The smallest absolute Gasteiger partial charge is 0.329 e. The first kappa shape index (κ1) is 17.7. The molecule has 9 heteroatoms. The molecule has 1 fully saturated rings. The van der Waals surface area contributed by atoms with Gasteiger partial charge in [-0.05, 0) is 23.8 Å². The number of ether oxygens (including phenoxy) is 1. The third kappa shape index (κ3) is 3.79. The van der Waals surface area contributed by atoms with Gasteiger partial charge in [-0.2, -0.15) is 0 Å². The minimum absolute atomic E-state index is 0.0153. The molecule has 124 valence electrons. The van der Waals surface area contributed by atoms with Crippen LogP contribution < -0.4 is 10.1 Å². The summed E-state index contributed by atoms with van der Waals surface area (Å²) in [6.45, 7) is -0.749. The molecular formula is C15H10Cl2N2O5. The Bertz CT molecular complexity index is 775. The van der Waals surface area contributed by atoms with Gasteiger partial charge in [-0.1, -0.05) is 29.1 Å². The Balaban J connectivity index is 2.29. The molecule has 1 aliphatic heterocycles. The molecule has 0 atom stereocenters. The highest BCUT2D eigenvalue weighted by molar-refractivity contribution is 6.37. The number of hydrogen-bond acceptors (Lipinski definition) is 4. The van der Waals surface area contributed by atoms with Crippen molar-refractivity contribution in [3.63, 3.8) is 0 Å². The van der Waals surface area contributed by atoms with Gasteiger partial charge < -0.3 is 15.2 Å². The number of nitrogens with zero attached hydrogens (tertiary/aromatic N) is 1. The molecule has 1 saturated heterocycles. The summed E-state index contributed by atoms with van der Waals surface area (Å²) < 4.78 is 5.21. The number of halogens is 2. The van der Waals surface area contributed by atoms with Gasteiger partial charge >= 0.3 is 12.0 Å². The van der Waals surface area contributed by atoms with E-state index < -0.39 is 24.5 Å². The monoisotopic (exact) mass is 368 g/mol. The fraction of sp³-hybridized carbons (Fsp3) is 0.133. The highest BCUT2D eigenvalue weighted by Crippen LogP contribution is 2.35. The van der Waals surface area contributed by atoms with E-state index in [2.05, 4.69) is 11.2 Å². The number of carboxylic acid groups (broad SMARTS) is 1. The van der Waals surface area contributed by atoms with E-state index in [4.69, 9.17) is 39.5 Å². The maximum absolute atomic E-state index is 12.0. The zero-order valence-electron chi connectivity index (χ0n) is 12.0. The molecule has 0 radical (unpaired) electrons. The Kier molecular flexibility index (Phi) is 5.34. The quantitative estimate of drug-likeness (QED) is 0.470. The fourth-order valence-corrected chi connectivity index (χ4v) is 2.54. The van der Waals surface area contributed by atoms with Crippen molar-refractivity contribution < 1.29 is 24.2 Å². The lowest BCUT2D eigenvalue weighted by atomic mass is 10.1. The topological polar surface area (TPSA) is 95.9 Å². The lowest BCUT2D eigenvalue weighted by Crippen LogP contribution is -2.35. The lowest BCUT2D eigenvalue weighted by molar-refractivity contribution is -0.140. The number of aliphatic carboxylic acids is 1. The van der Waals surface area contributed by atoms with Gasteiger partial charge in [0.2, 0.25) is 0 Å². The van der Waals surface area contributed by atoms with Crippen LogP contribution in [-0.4, -0.2) is 41.1 Å². The number of urea groups is 1. The van der Waals surface area contributed by atoms with Crippen molar-refractivity contribution in [3.05, 3.63) is 33.4 Å². The van der Waals surface area contributed by atoms with Crippen molar-refractivity contribution in [1.29, 1.82) is 0 Å². The summed E-state index contributed by atoms with van der Waals surface area (Å²) in [5, 5.41) is 11.3. The summed E-state index contributed by atoms with van der Waals surface area (Å²) in [4.78, 5) is 34.9. The summed E-state index contributed by atoms with van der Waals surface area (Å²) >= 11 is 12.1. The molecule has 7 nitrogen and oxygen atoms in total. The Hall–Kier alpha value is -2.69. The molecule has 24 heavy (non-hydrogen) atoms. The number of carbonyl (C=O) groups excluding carboxylic acids is 2. The van der Waals surface area contributed by atoms with Crippen molar-refractivity contribution in [1.82, 2.24) is 10.2 Å². The Morgan fingerprint density at radius 3 is 2.54 bits per heavy atom. The molecule has 0 saturated carbocycles. The van der Waals surface area contributed by atoms with E-state index in [9.17, 15) is 14.4 Å². The lowest BCUT2D eigenvalue weighted by Gasteiger charge is -2.09. The third-order valence-electron chi connectivity index (χ3n) is 2.89. The molecule has 0 aromatic heterocycles. The average Bonchev–Trinajstić information content (AvgIpc) is 2.74. The van der Waals surface area contributed by atoms with Gasteiger partial charge in [0.15, 0.2) is 5.75 Å². The number of amides is 3. The predicted octanol–water partition coefficient (Wildman–Crippen LogP) is 1.98. The second-order valence-corrected chi connectivity index (χ2v) is 5.39. The number of carboxylic acids is 1. The van der Waals surface area contributed by atoms with E-state index in [0.717, 1.165) is 0 Å². The number of hydrogen-bond donors (Lipinski definition) is 2. The van der Waals surface area contributed by atoms with Crippen LogP contribution in [0.3, 0.4) is 0 Å². The number of nitrogens with one attached hydrogen (secondary N) is 1. The molecule has 0 spiro atoms. The number of imide groups is 1. The van der Waals surface area contributed by atoms with E-state index in [1.807, 2.05) is 0 Å². The molecule has 1 aliphatic rings. The van der Waals surface area contributed by atoms with Crippen LogP contribution in [0.15, 0.2) is 17.8 Å². The van der Waals surface area contributed by atoms with Crippen LogP contribution in [0.5, 0.6) is 5.75 Å². The number of carbonyl (C=O) groups is 3. The minimum Gasteiger partial charge on any atom is -0.480 e. The van der Waals surface area contributed by atoms with Crippen molar-refractivity contribution in [2.45, 2.75) is 0 Å². The van der Waals surface area contributed by atoms with Crippen molar-refractivity contribution in [3.8, 4) is 18.1 Å². The largest absolute Gasteiger partial charge is 0.480 e. The first-order chi connectivity index (χ1) is 11.3. The van der Waals surface area contributed by atoms with Gasteiger partial charge in [-0.15, -0.1) is 6.42 Å². The van der Waals surface area contributed by atoms with Crippen LogP contribution in [-0.2, 0) is 9.59 Å². The first-order valence-corrected chi connectivity index (χ1v) is 7.20. The highest BCUT2D eigenvalue weighted by Gasteiger charge is 2.34. The van der Waals surface area contributed by atoms with Gasteiger partial charge in [0.25, 0.3) is 5.91 Å². The van der Waals surface area contributed by atoms with Gasteiger partial charge in [-0.25, -0.2) is 9.69 Å². The summed E-state index contributed by atoms with van der Waals surface area (Å²) in [5.74, 6) is 0.413. The summed E-state index contributed by atoms with van der Waals surface area (Å²) in [5.41, 5.74) is 0.324. The maximum atomic E-state index is 12.0. The van der Waals surface area contributed by atoms with Crippen LogP contribution in [0.2, 0.25) is 10.0 Å². The average molecular weight is 369 g/mol. The van der Waals surface area contributed by atoms with E-state index >= 15 is 0 Å². The summed E-state index contributed by atoms with van der Waals surface area (Å²) in [6.07, 6.45) is 6.42. The van der Waals surface area contributed by atoms with Crippen LogP contribution in [0, 0.1) is 12.3 Å². The second-order valence-electron chi connectivity index (χ2n) is 4.58. The Labute approximate surface area is 146 Å². The molecule has 0 aliphatic carbocycles. The van der Waals surface area contributed by atoms with Gasteiger partial charge in [0, 0.05) is 0 Å². The van der Waals surface area contributed by atoms with Crippen molar-refractivity contribution in [2.24, 2.45) is 0 Å². The number of terminal acetylenes is 1. The summed E-state index contributed by atoms with van der Waals surface area (Å²) in [6, 6.07) is 2.11. The van der Waals surface area contributed by atoms with E-state index in [0.29, 0.717) is 10.5 Å². The normalized spacial score (nSPS) is 15.4. The minimum atomic E-state index is -1.30. The van der Waals surface area contributed by atoms with E-state index in [1.165, 1.54) is 18.2 Å². The Morgan fingerprint density at radius 2 is 2.00 bits per heavy atom. The standard InChI is InChI=1S/C15H10Cl2N2O5/c1-2-3-24-13-9(16)4-8(5-10(13)17)6-11-14(22)19(7-12(20)21)15(23)18-11/h1,4-6H,3,7H2,(H,18,23)(H,20,21)/b11-6+. The van der Waals surface area contributed by atoms with Crippen LogP contribution in [0.4, 0.5) is 4.79 Å². The van der Waals surface area contributed by atoms with E-state index in [-0.39, 0.29) is 28.1 Å².